The Balaban J connectivity index is 1.52. The van der Waals surface area contributed by atoms with Crippen LogP contribution in [-0.2, 0) is 25.9 Å². The van der Waals surface area contributed by atoms with Gasteiger partial charge in [-0.15, -0.1) is 0 Å². The molecule has 0 saturated heterocycles. The largest absolute Gasteiger partial charge is 0.496 e. The van der Waals surface area contributed by atoms with Gasteiger partial charge in [0.2, 0.25) is 0 Å². The lowest BCUT2D eigenvalue weighted by atomic mass is 10.2. The number of hydrogen-bond donors (Lipinski definition) is 1. The first kappa shape index (κ1) is 15.9. The molecule has 0 unspecified atom stereocenters. The molecule has 2 aromatic carbocycles. The van der Waals surface area contributed by atoms with E-state index in [1.54, 1.807) is 7.11 Å². The number of nitrogens with zero attached hydrogens (tertiary/aromatic N) is 2. The number of para-hydroxylation sites is 2. The van der Waals surface area contributed by atoms with Crippen molar-refractivity contribution in [2.24, 2.45) is 0 Å². The van der Waals surface area contributed by atoms with Crippen LogP contribution in [0, 0.1) is 0 Å². The number of rotatable bonds is 6. The molecule has 0 atom stereocenters. The Kier molecular flexibility index (Phi) is 4.53. The Labute approximate surface area is 148 Å². The average molecular weight is 333 g/mol. The Morgan fingerprint density at radius 3 is 2.64 bits per heavy atom. The Morgan fingerprint density at radius 2 is 1.80 bits per heavy atom. The lowest BCUT2D eigenvalue weighted by Gasteiger charge is -2.09. The van der Waals surface area contributed by atoms with Crippen LogP contribution in [0.4, 0.5) is 0 Å². The van der Waals surface area contributed by atoms with Crippen LogP contribution in [0.3, 0.4) is 0 Å². The monoisotopic (exact) mass is 333 g/mol. The maximum atomic E-state index is 5.42. The maximum Gasteiger partial charge on any atom is 0.123 e. The second kappa shape index (κ2) is 7.11. The van der Waals surface area contributed by atoms with Crippen molar-refractivity contribution in [3.05, 3.63) is 77.1 Å². The summed E-state index contributed by atoms with van der Waals surface area (Å²) in [5.74, 6) is 0.926. The summed E-state index contributed by atoms with van der Waals surface area (Å²) in [5, 5.41) is 8.43. The predicted molar refractivity (Wildman–Crippen MR) is 99.1 cm³/mol. The van der Waals surface area contributed by atoms with Crippen LogP contribution < -0.4 is 10.1 Å². The van der Waals surface area contributed by atoms with E-state index in [1.807, 2.05) is 24.3 Å². The summed E-state index contributed by atoms with van der Waals surface area (Å²) in [7, 11) is 1.72. The average Bonchev–Trinajstić information content (AvgIpc) is 3.26. The molecule has 1 aliphatic carbocycles. The summed E-state index contributed by atoms with van der Waals surface area (Å²) >= 11 is 0. The van der Waals surface area contributed by atoms with E-state index in [2.05, 4.69) is 40.3 Å². The molecule has 0 radical (unpaired) electrons. The number of hydrogen-bond acceptors (Lipinski definition) is 3. The molecule has 1 aromatic heterocycles. The number of nitrogens with one attached hydrogen (secondary N) is 1. The van der Waals surface area contributed by atoms with Gasteiger partial charge in [-0.25, -0.2) is 4.68 Å². The third kappa shape index (κ3) is 3.17. The number of methoxy groups -OCH3 is 1. The maximum absolute atomic E-state index is 5.42. The van der Waals surface area contributed by atoms with Crippen molar-refractivity contribution in [2.75, 3.05) is 7.11 Å². The molecule has 0 bridgehead atoms. The van der Waals surface area contributed by atoms with Crippen molar-refractivity contribution >= 4 is 0 Å². The van der Waals surface area contributed by atoms with Gasteiger partial charge in [0, 0.05) is 24.3 Å². The molecule has 0 spiro atoms. The topological polar surface area (TPSA) is 39.1 Å². The first-order valence-electron chi connectivity index (χ1n) is 8.84. The van der Waals surface area contributed by atoms with E-state index >= 15 is 0 Å². The quantitative estimate of drug-likeness (QED) is 0.748. The predicted octanol–water partition coefficient (Wildman–Crippen LogP) is 3.66. The summed E-state index contributed by atoms with van der Waals surface area (Å²) in [4.78, 5) is 0. The summed E-state index contributed by atoms with van der Waals surface area (Å²) in [6.07, 6.45) is 3.47. The minimum Gasteiger partial charge on any atom is -0.496 e. The molecule has 1 N–H and O–H groups in total. The zero-order valence-electron chi connectivity index (χ0n) is 14.5. The highest BCUT2D eigenvalue weighted by Gasteiger charge is 2.22. The molecule has 0 fully saturated rings. The van der Waals surface area contributed by atoms with E-state index in [0.29, 0.717) is 0 Å². The van der Waals surface area contributed by atoms with E-state index in [1.165, 1.54) is 28.9 Å². The Bertz CT molecular complexity index is 855. The summed E-state index contributed by atoms with van der Waals surface area (Å²) in [6, 6.07) is 18.6. The fourth-order valence-electron chi connectivity index (χ4n) is 3.60. The van der Waals surface area contributed by atoms with E-state index in [9.17, 15) is 0 Å². The third-order valence-corrected chi connectivity index (χ3v) is 4.81. The van der Waals surface area contributed by atoms with Crippen molar-refractivity contribution in [1.82, 2.24) is 15.1 Å². The van der Waals surface area contributed by atoms with E-state index in [0.717, 1.165) is 37.4 Å². The number of benzene rings is 2. The number of ether oxygens (including phenoxy) is 1. The summed E-state index contributed by atoms with van der Waals surface area (Å²) in [5.41, 5.74) is 6.30. The minimum absolute atomic E-state index is 0.775. The molecule has 4 nitrogen and oxygen atoms in total. The zero-order valence-corrected chi connectivity index (χ0v) is 14.5. The van der Waals surface area contributed by atoms with Crippen LogP contribution in [0.1, 0.15) is 28.9 Å². The van der Waals surface area contributed by atoms with E-state index < -0.39 is 0 Å². The Hall–Kier alpha value is -2.59. The molecular weight excluding hydrogens is 310 g/mol. The van der Waals surface area contributed by atoms with E-state index in [-0.39, 0.29) is 0 Å². The molecule has 128 valence electrons. The van der Waals surface area contributed by atoms with Crippen LogP contribution in [0.15, 0.2) is 54.6 Å². The van der Waals surface area contributed by atoms with Gasteiger partial charge in [-0.1, -0.05) is 36.4 Å². The molecule has 0 saturated carbocycles. The van der Waals surface area contributed by atoms with Gasteiger partial charge < -0.3 is 10.1 Å². The Morgan fingerprint density at radius 1 is 1.00 bits per heavy atom. The van der Waals surface area contributed by atoms with Crippen LogP contribution in [-0.4, -0.2) is 16.9 Å². The standard InChI is InChI=1S/C21H23N3O/c1-25-21-13-6-5-8-16(21)14-22-15-19-18-11-7-12-20(18)24(23-19)17-9-3-2-4-10-17/h2-6,8-10,13,22H,7,11-12,14-15H2,1H3. The lowest BCUT2D eigenvalue weighted by molar-refractivity contribution is 0.407. The second-order valence-electron chi connectivity index (χ2n) is 6.39. The third-order valence-electron chi connectivity index (χ3n) is 4.81. The van der Waals surface area contributed by atoms with Gasteiger partial charge in [0.15, 0.2) is 0 Å². The molecular formula is C21H23N3O. The van der Waals surface area contributed by atoms with Gasteiger partial charge in [0.25, 0.3) is 0 Å². The molecule has 4 heteroatoms. The van der Waals surface area contributed by atoms with Crippen molar-refractivity contribution in [2.45, 2.75) is 32.4 Å². The zero-order chi connectivity index (χ0) is 17.1. The highest BCUT2D eigenvalue weighted by Crippen LogP contribution is 2.28. The van der Waals surface area contributed by atoms with Crippen LogP contribution in [0.2, 0.25) is 0 Å². The minimum atomic E-state index is 0.775. The molecule has 1 heterocycles. The second-order valence-corrected chi connectivity index (χ2v) is 6.39. The highest BCUT2D eigenvalue weighted by molar-refractivity contribution is 5.40. The molecule has 4 rings (SSSR count). The van der Waals surface area contributed by atoms with Gasteiger partial charge in [-0.05, 0) is 43.0 Å². The first-order chi connectivity index (χ1) is 12.4. The summed E-state index contributed by atoms with van der Waals surface area (Å²) in [6.45, 7) is 1.55. The summed E-state index contributed by atoms with van der Waals surface area (Å²) < 4.78 is 7.55. The van der Waals surface area contributed by atoms with Crippen molar-refractivity contribution in [3.8, 4) is 11.4 Å². The van der Waals surface area contributed by atoms with Crippen LogP contribution in [0.25, 0.3) is 5.69 Å². The smallest absolute Gasteiger partial charge is 0.123 e. The van der Waals surface area contributed by atoms with Gasteiger partial charge >= 0.3 is 0 Å². The van der Waals surface area contributed by atoms with Gasteiger partial charge in [0.1, 0.15) is 5.75 Å². The molecule has 25 heavy (non-hydrogen) atoms. The molecule has 1 aliphatic rings. The molecule has 3 aromatic rings. The van der Waals surface area contributed by atoms with Crippen LogP contribution in [0.5, 0.6) is 5.75 Å². The van der Waals surface area contributed by atoms with Crippen molar-refractivity contribution in [1.29, 1.82) is 0 Å². The van der Waals surface area contributed by atoms with Gasteiger partial charge in [-0.3, -0.25) is 0 Å². The highest BCUT2D eigenvalue weighted by atomic mass is 16.5. The van der Waals surface area contributed by atoms with Crippen LogP contribution >= 0.6 is 0 Å². The van der Waals surface area contributed by atoms with Crippen molar-refractivity contribution < 1.29 is 4.74 Å². The first-order valence-corrected chi connectivity index (χ1v) is 8.84. The molecule has 0 amide bonds. The van der Waals surface area contributed by atoms with Gasteiger partial charge in [-0.2, -0.15) is 5.10 Å². The fraction of sp³-hybridized carbons (Fsp3) is 0.286. The number of fused-ring (bicyclic) bond motifs is 1. The SMILES string of the molecule is COc1ccccc1CNCc1nn(-c2ccccc2)c2c1CCC2. The van der Waals surface area contributed by atoms with Crippen molar-refractivity contribution in [3.63, 3.8) is 0 Å². The number of aromatic nitrogens is 2. The van der Waals surface area contributed by atoms with E-state index in [4.69, 9.17) is 9.84 Å². The van der Waals surface area contributed by atoms with Gasteiger partial charge in [0.05, 0.1) is 18.5 Å². The lowest BCUT2D eigenvalue weighted by Crippen LogP contribution is -2.15. The molecule has 0 aliphatic heterocycles. The normalized spacial score (nSPS) is 13.0. The fourth-order valence-corrected chi connectivity index (χ4v) is 3.60.